The third-order valence-electron chi connectivity index (χ3n) is 2.54. The highest BCUT2D eigenvalue weighted by atomic mass is 79.9. The van der Waals surface area contributed by atoms with Crippen molar-refractivity contribution in [2.45, 2.75) is 24.8 Å². The number of halogens is 1. The minimum atomic E-state index is -3.92. The Morgan fingerprint density at radius 1 is 1.45 bits per heavy atom. The number of hydrogen-bond acceptors (Lipinski definition) is 5. The third-order valence-corrected chi connectivity index (χ3v) is 4.50. The number of sulfonamides is 1. The lowest BCUT2D eigenvalue weighted by atomic mass is 10.3. The zero-order valence-corrected chi connectivity index (χ0v) is 13.5. The highest BCUT2D eigenvalue weighted by molar-refractivity contribution is 9.10. The number of likely N-dealkylation sites (N-methyl/N-ethyl adjacent to an activating group) is 1. The molecular weight excluding hydrogens is 350 g/mol. The van der Waals surface area contributed by atoms with Crippen LogP contribution in [-0.2, 0) is 10.0 Å². The summed E-state index contributed by atoms with van der Waals surface area (Å²) in [7, 11) is -3.92. The number of nitro benzene ring substituents is 1. The van der Waals surface area contributed by atoms with Crippen molar-refractivity contribution < 1.29 is 13.3 Å². The summed E-state index contributed by atoms with van der Waals surface area (Å²) < 4.78 is 27.1. The lowest BCUT2D eigenvalue weighted by molar-refractivity contribution is -0.387. The normalized spacial score (nSPS) is 13.2. The summed E-state index contributed by atoms with van der Waals surface area (Å²) in [6.07, 6.45) is 0. The fourth-order valence-electron chi connectivity index (χ4n) is 1.59. The Morgan fingerprint density at radius 3 is 2.65 bits per heavy atom. The summed E-state index contributed by atoms with van der Waals surface area (Å²) in [4.78, 5) is 9.89. The van der Waals surface area contributed by atoms with Crippen LogP contribution in [-0.4, -0.2) is 32.5 Å². The van der Waals surface area contributed by atoms with Crippen LogP contribution >= 0.6 is 15.9 Å². The first kappa shape index (κ1) is 17.0. The molecule has 0 heterocycles. The largest absolute Gasteiger partial charge is 0.313 e. The van der Waals surface area contributed by atoms with E-state index in [2.05, 4.69) is 26.0 Å². The molecule has 0 aliphatic rings. The highest BCUT2D eigenvalue weighted by Crippen LogP contribution is 2.27. The van der Waals surface area contributed by atoms with Gasteiger partial charge < -0.3 is 5.32 Å². The SMILES string of the molecule is CCN[C@H](C)CNS(=O)(=O)c1ccc(Br)cc1[N+](=O)[O-]. The predicted octanol–water partition coefficient (Wildman–Crippen LogP) is 1.63. The second-order valence-electron chi connectivity index (χ2n) is 4.18. The van der Waals surface area contributed by atoms with Crippen molar-refractivity contribution >= 4 is 31.6 Å². The first-order chi connectivity index (χ1) is 9.27. The molecule has 0 aromatic heterocycles. The van der Waals surface area contributed by atoms with E-state index in [0.29, 0.717) is 11.0 Å². The van der Waals surface area contributed by atoms with Gasteiger partial charge in [-0.25, -0.2) is 13.1 Å². The van der Waals surface area contributed by atoms with Crippen molar-refractivity contribution in [3.8, 4) is 0 Å². The molecule has 0 bridgehead atoms. The maximum atomic E-state index is 12.1. The van der Waals surface area contributed by atoms with Gasteiger partial charge in [0.15, 0.2) is 4.90 Å². The molecule has 7 nitrogen and oxygen atoms in total. The Kier molecular flexibility index (Phi) is 6.06. The molecule has 0 unspecified atom stereocenters. The smallest absolute Gasteiger partial charge is 0.290 e. The predicted molar refractivity (Wildman–Crippen MR) is 79.1 cm³/mol. The summed E-state index contributed by atoms with van der Waals surface area (Å²) in [5.41, 5.74) is -0.456. The van der Waals surface area contributed by atoms with Crippen molar-refractivity contribution in [2.75, 3.05) is 13.1 Å². The van der Waals surface area contributed by atoms with Gasteiger partial charge in [-0.1, -0.05) is 22.9 Å². The van der Waals surface area contributed by atoms with Gasteiger partial charge in [0.05, 0.1) is 4.92 Å². The summed E-state index contributed by atoms with van der Waals surface area (Å²) in [6, 6.07) is 3.77. The van der Waals surface area contributed by atoms with E-state index in [1.807, 2.05) is 13.8 Å². The minimum Gasteiger partial charge on any atom is -0.313 e. The minimum absolute atomic E-state index is 0.0655. The van der Waals surface area contributed by atoms with Crippen molar-refractivity contribution in [1.82, 2.24) is 10.0 Å². The Morgan fingerprint density at radius 2 is 2.10 bits per heavy atom. The van der Waals surface area contributed by atoms with Crippen LogP contribution in [0, 0.1) is 10.1 Å². The molecule has 0 fully saturated rings. The summed E-state index contributed by atoms with van der Waals surface area (Å²) in [5, 5.41) is 14.0. The van der Waals surface area contributed by atoms with Crippen molar-refractivity contribution in [3.05, 3.63) is 32.8 Å². The summed E-state index contributed by atoms with van der Waals surface area (Å²) in [6.45, 7) is 4.59. The molecule has 1 aromatic carbocycles. The van der Waals surface area contributed by atoms with E-state index in [0.717, 1.165) is 0 Å². The van der Waals surface area contributed by atoms with Crippen molar-refractivity contribution in [2.24, 2.45) is 0 Å². The van der Waals surface area contributed by atoms with Crippen LogP contribution in [0.15, 0.2) is 27.6 Å². The standard InChI is InChI=1S/C11H16BrN3O4S/c1-3-13-8(2)7-14-20(18,19)11-5-4-9(12)6-10(11)15(16)17/h4-6,8,13-14H,3,7H2,1-2H3/t8-/m1/s1. The molecule has 2 N–H and O–H groups in total. The molecule has 9 heteroatoms. The van der Waals surface area contributed by atoms with Gasteiger partial charge in [0, 0.05) is 23.1 Å². The van der Waals surface area contributed by atoms with E-state index in [9.17, 15) is 18.5 Å². The fraction of sp³-hybridized carbons (Fsp3) is 0.455. The maximum absolute atomic E-state index is 12.1. The van der Waals surface area contributed by atoms with Crippen LogP contribution in [0.3, 0.4) is 0 Å². The van der Waals surface area contributed by atoms with Gasteiger partial charge in [0.1, 0.15) is 0 Å². The van der Waals surface area contributed by atoms with E-state index in [1.54, 1.807) is 0 Å². The van der Waals surface area contributed by atoms with Gasteiger partial charge in [-0.3, -0.25) is 10.1 Å². The van der Waals surface area contributed by atoms with Crippen LogP contribution in [0.25, 0.3) is 0 Å². The van der Waals surface area contributed by atoms with E-state index in [4.69, 9.17) is 0 Å². The van der Waals surface area contributed by atoms with Gasteiger partial charge >= 0.3 is 0 Å². The first-order valence-corrected chi connectivity index (χ1v) is 8.22. The third kappa shape index (κ3) is 4.51. The summed E-state index contributed by atoms with van der Waals surface area (Å²) >= 11 is 3.08. The zero-order valence-electron chi connectivity index (χ0n) is 11.1. The first-order valence-electron chi connectivity index (χ1n) is 5.95. The van der Waals surface area contributed by atoms with Gasteiger partial charge in [-0.2, -0.15) is 0 Å². The monoisotopic (exact) mass is 365 g/mol. The van der Waals surface area contributed by atoms with E-state index in [1.165, 1.54) is 18.2 Å². The van der Waals surface area contributed by atoms with Crippen LogP contribution in [0.2, 0.25) is 0 Å². The molecule has 1 rings (SSSR count). The topological polar surface area (TPSA) is 101 Å². The van der Waals surface area contributed by atoms with Crippen LogP contribution in [0.1, 0.15) is 13.8 Å². The van der Waals surface area contributed by atoms with E-state index >= 15 is 0 Å². The van der Waals surface area contributed by atoms with Gasteiger partial charge in [-0.15, -0.1) is 0 Å². The second kappa shape index (κ2) is 7.11. The molecule has 0 radical (unpaired) electrons. The van der Waals surface area contributed by atoms with Crippen LogP contribution in [0.4, 0.5) is 5.69 Å². The quantitative estimate of drug-likeness (QED) is 0.564. The summed E-state index contributed by atoms with van der Waals surface area (Å²) in [5.74, 6) is 0. The molecule has 1 aromatic rings. The van der Waals surface area contributed by atoms with Crippen LogP contribution in [0.5, 0.6) is 0 Å². The van der Waals surface area contributed by atoms with Gasteiger partial charge in [-0.05, 0) is 25.6 Å². The number of nitro groups is 1. The lowest BCUT2D eigenvalue weighted by Crippen LogP contribution is -2.38. The number of nitrogens with zero attached hydrogens (tertiary/aromatic N) is 1. The van der Waals surface area contributed by atoms with Crippen molar-refractivity contribution in [1.29, 1.82) is 0 Å². The lowest BCUT2D eigenvalue weighted by Gasteiger charge is -2.13. The molecule has 0 aliphatic carbocycles. The average molecular weight is 366 g/mol. The average Bonchev–Trinajstić information content (AvgIpc) is 2.36. The molecule has 0 spiro atoms. The van der Waals surface area contributed by atoms with E-state index < -0.39 is 20.6 Å². The number of hydrogen-bond donors (Lipinski definition) is 2. The second-order valence-corrected chi connectivity index (χ2v) is 6.83. The Labute approximate surface area is 126 Å². The van der Waals surface area contributed by atoms with Gasteiger partial charge in [0.2, 0.25) is 10.0 Å². The van der Waals surface area contributed by atoms with Crippen LogP contribution < -0.4 is 10.0 Å². The molecule has 0 saturated heterocycles. The Bertz CT molecular complexity index is 591. The molecule has 1 atom stereocenters. The van der Waals surface area contributed by atoms with E-state index in [-0.39, 0.29) is 17.5 Å². The number of nitrogens with one attached hydrogen (secondary N) is 2. The number of benzene rings is 1. The maximum Gasteiger partial charge on any atom is 0.290 e. The molecule has 20 heavy (non-hydrogen) atoms. The Hall–Kier alpha value is -1.03. The highest BCUT2D eigenvalue weighted by Gasteiger charge is 2.26. The molecule has 0 amide bonds. The fourth-order valence-corrected chi connectivity index (χ4v) is 3.22. The molecule has 112 valence electrons. The molecular formula is C11H16BrN3O4S. The zero-order chi connectivity index (χ0) is 15.3. The Balaban J connectivity index is 3.01. The molecule has 0 saturated carbocycles. The number of rotatable bonds is 7. The van der Waals surface area contributed by atoms with Gasteiger partial charge in [0.25, 0.3) is 5.69 Å². The van der Waals surface area contributed by atoms with Crippen molar-refractivity contribution in [3.63, 3.8) is 0 Å². The molecule has 0 aliphatic heterocycles.